The van der Waals surface area contributed by atoms with Crippen LogP contribution in [0.5, 0.6) is 11.5 Å². The summed E-state index contributed by atoms with van der Waals surface area (Å²) >= 11 is 0. The molecular formula is C20H25O2. The van der Waals surface area contributed by atoms with Gasteiger partial charge in [0, 0.05) is 12.0 Å². The standard InChI is InChI=1S/C20H25O2/c1-15(2)18-11-10-17(4)20(12-18)22-14-16(3)13-21-19-8-6-5-7-9-19/h5-8,10-12,15-16H,13-14H2,1-4H3. The molecule has 2 rings (SSSR count). The van der Waals surface area contributed by atoms with Gasteiger partial charge in [0.1, 0.15) is 11.5 Å². The van der Waals surface area contributed by atoms with Gasteiger partial charge in [-0.25, -0.2) is 0 Å². The van der Waals surface area contributed by atoms with Crippen molar-refractivity contribution in [2.45, 2.75) is 33.6 Å². The largest absolute Gasteiger partial charge is 0.493 e. The minimum atomic E-state index is 0.315. The summed E-state index contributed by atoms with van der Waals surface area (Å²) in [5, 5.41) is 0. The second kappa shape index (κ2) is 7.88. The predicted octanol–water partition coefficient (Wildman–Crippen LogP) is 5.01. The third-order valence-corrected chi connectivity index (χ3v) is 3.61. The summed E-state index contributed by atoms with van der Waals surface area (Å²) < 4.78 is 11.7. The Morgan fingerprint density at radius 2 is 1.77 bits per heavy atom. The number of rotatable bonds is 7. The quantitative estimate of drug-likeness (QED) is 0.715. The van der Waals surface area contributed by atoms with Gasteiger partial charge in [0.05, 0.1) is 13.2 Å². The van der Waals surface area contributed by atoms with Crippen molar-refractivity contribution in [3.05, 3.63) is 59.7 Å². The lowest BCUT2D eigenvalue weighted by molar-refractivity contribution is 0.187. The van der Waals surface area contributed by atoms with E-state index in [2.05, 4.69) is 52.0 Å². The Labute approximate surface area is 134 Å². The highest BCUT2D eigenvalue weighted by molar-refractivity contribution is 5.37. The van der Waals surface area contributed by atoms with E-state index in [9.17, 15) is 0 Å². The molecule has 0 fully saturated rings. The molecule has 0 saturated carbocycles. The fourth-order valence-corrected chi connectivity index (χ4v) is 2.11. The molecule has 0 saturated heterocycles. The number of para-hydroxylation sites is 1. The van der Waals surface area contributed by atoms with Crippen molar-refractivity contribution in [3.63, 3.8) is 0 Å². The van der Waals surface area contributed by atoms with E-state index in [4.69, 9.17) is 9.47 Å². The lowest BCUT2D eigenvalue weighted by Gasteiger charge is -2.17. The molecule has 0 aliphatic rings. The summed E-state index contributed by atoms with van der Waals surface area (Å²) in [4.78, 5) is 0. The van der Waals surface area contributed by atoms with E-state index >= 15 is 0 Å². The van der Waals surface area contributed by atoms with Crippen molar-refractivity contribution in [1.29, 1.82) is 0 Å². The minimum absolute atomic E-state index is 0.315. The molecule has 0 aliphatic heterocycles. The molecule has 2 heteroatoms. The third kappa shape index (κ3) is 4.80. The van der Waals surface area contributed by atoms with Crippen LogP contribution in [0, 0.1) is 18.9 Å². The van der Waals surface area contributed by atoms with Crippen LogP contribution >= 0.6 is 0 Å². The van der Waals surface area contributed by atoms with Crippen molar-refractivity contribution in [1.82, 2.24) is 0 Å². The van der Waals surface area contributed by atoms with Gasteiger partial charge in [-0.2, -0.15) is 0 Å². The van der Waals surface area contributed by atoms with Crippen LogP contribution in [0.4, 0.5) is 0 Å². The molecule has 2 aromatic carbocycles. The van der Waals surface area contributed by atoms with E-state index in [1.807, 2.05) is 24.3 Å². The molecule has 22 heavy (non-hydrogen) atoms. The summed E-state index contributed by atoms with van der Waals surface area (Å²) in [7, 11) is 0. The Hall–Kier alpha value is -1.96. The third-order valence-electron chi connectivity index (χ3n) is 3.61. The summed E-state index contributed by atoms with van der Waals surface area (Å²) in [6.45, 7) is 9.88. The average Bonchev–Trinajstić information content (AvgIpc) is 2.53. The first-order valence-electron chi connectivity index (χ1n) is 7.89. The highest BCUT2D eigenvalue weighted by atomic mass is 16.5. The van der Waals surface area contributed by atoms with Gasteiger partial charge < -0.3 is 9.47 Å². The van der Waals surface area contributed by atoms with Crippen molar-refractivity contribution < 1.29 is 9.47 Å². The zero-order valence-electron chi connectivity index (χ0n) is 13.9. The molecule has 0 bridgehead atoms. The maximum absolute atomic E-state index is 5.99. The van der Waals surface area contributed by atoms with E-state index in [1.54, 1.807) is 0 Å². The van der Waals surface area contributed by atoms with Crippen LogP contribution in [-0.2, 0) is 0 Å². The van der Waals surface area contributed by atoms with Crippen LogP contribution in [0.15, 0.2) is 42.5 Å². The van der Waals surface area contributed by atoms with Crippen molar-refractivity contribution in [2.24, 2.45) is 5.92 Å². The topological polar surface area (TPSA) is 18.5 Å². The average molecular weight is 297 g/mol. The van der Waals surface area contributed by atoms with Crippen LogP contribution in [0.25, 0.3) is 0 Å². The number of aryl methyl sites for hydroxylation is 1. The highest BCUT2D eigenvalue weighted by Crippen LogP contribution is 2.24. The maximum Gasteiger partial charge on any atom is 0.127 e. The van der Waals surface area contributed by atoms with E-state index < -0.39 is 0 Å². The molecular weight excluding hydrogens is 272 g/mol. The van der Waals surface area contributed by atoms with E-state index in [0.29, 0.717) is 25.0 Å². The zero-order valence-corrected chi connectivity index (χ0v) is 13.9. The molecule has 0 aromatic heterocycles. The highest BCUT2D eigenvalue weighted by Gasteiger charge is 2.08. The van der Waals surface area contributed by atoms with Gasteiger partial charge in [-0.15, -0.1) is 0 Å². The molecule has 1 radical (unpaired) electrons. The fourth-order valence-electron chi connectivity index (χ4n) is 2.11. The van der Waals surface area contributed by atoms with Crippen LogP contribution in [0.2, 0.25) is 0 Å². The van der Waals surface area contributed by atoms with Crippen LogP contribution < -0.4 is 9.47 Å². The molecule has 1 unspecified atom stereocenters. The number of hydrogen-bond donors (Lipinski definition) is 0. The van der Waals surface area contributed by atoms with Gasteiger partial charge in [0.15, 0.2) is 0 Å². The molecule has 0 heterocycles. The van der Waals surface area contributed by atoms with Crippen LogP contribution in [0.1, 0.15) is 37.8 Å². The molecule has 1 atom stereocenters. The lowest BCUT2D eigenvalue weighted by Crippen LogP contribution is -2.17. The van der Waals surface area contributed by atoms with Crippen molar-refractivity contribution in [2.75, 3.05) is 13.2 Å². The van der Waals surface area contributed by atoms with Gasteiger partial charge in [0.25, 0.3) is 0 Å². The molecule has 2 aromatic rings. The first-order valence-corrected chi connectivity index (χ1v) is 7.89. The Morgan fingerprint density at radius 3 is 2.45 bits per heavy atom. The monoisotopic (exact) mass is 297 g/mol. The van der Waals surface area contributed by atoms with Gasteiger partial charge in [0.2, 0.25) is 0 Å². The van der Waals surface area contributed by atoms with E-state index in [-0.39, 0.29) is 0 Å². The second-order valence-electron chi connectivity index (χ2n) is 6.13. The van der Waals surface area contributed by atoms with Gasteiger partial charge in [-0.05, 0) is 36.1 Å². The first kappa shape index (κ1) is 16.4. The fraction of sp³-hybridized carbons (Fsp3) is 0.400. The first-order chi connectivity index (χ1) is 10.6. The molecule has 0 amide bonds. The van der Waals surface area contributed by atoms with Crippen LogP contribution in [-0.4, -0.2) is 13.2 Å². The van der Waals surface area contributed by atoms with Crippen LogP contribution in [0.3, 0.4) is 0 Å². The lowest BCUT2D eigenvalue weighted by atomic mass is 10.0. The Balaban J connectivity index is 1.85. The summed E-state index contributed by atoms with van der Waals surface area (Å²) in [6, 6.07) is 17.2. The number of hydrogen-bond acceptors (Lipinski definition) is 2. The number of ether oxygens (including phenoxy) is 2. The van der Waals surface area contributed by atoms with E-state index in [0.717, 1.165) is 11.5 Å². The molecule has 0 N–H and O–H groups in total. The molecule has 117 valence electrons. The SMILES string of the molecule is Cc1ccc(C(C)C)cc1OCC(C)COc1[c]cccc1. The van der Waals surface area contributed by atoms with E-state index in [1.165, 1.54) is 11.1 Å². The predicted molar refractivity (Wildman–Crippen MR) is 90.7 cm³/mol. The summed E-state index contributed by atoms with van der Waals surface area (Å²) in [5.41, 5.74) is 2.48. The summed E-state index contributed by atoms with van der Waals surface area (Å²) in [6.07, 6.45) is 0. The van der Waals surface area contributed by atoms with Gasteiger partial charge >= 0.3 is 0 Å². The smallest absolute Gasteiger partial charge is 0.127 e. The molecule has 0 spiro atoms. The minimum Gasteiger partial charge on any atom is -0.493 e. The van der Waals surface area contributed by atoms with Crippen molar-refractivity contribution in [3.8, 4) is 11.5 Å². The Kier molecular flexibility index (Phi) is 5.88. The summed E-state index contributed by atoms with van der Waals surface area (Å²) in [5.74, 6) is 2.59. The van der Waals surface area contributed by atoms with Gasteiger partial charge in [-0.1, -0.05) is 51.1 Å². The molecule has 0 aliphatic carbocycles. The Morgan fingerprint density at radius 1 is 1.00 bits per heavy atom. The van der Waals surface area contributed by atoms with Gasteiger partial charge in [-0.3, -0.25) is 0 Å². The van der Waals surface area contributed by atoms with Crippen molar-refractivity contribution >= 4 is 0 Å². The Bertz CT molecular complexity index is 576. The zero-order chi connectivity index (χ0) is 15.9. The second-order valence-corrected chi connectivity index (χ2v) is 6.13. The maximum atomic E-state index is 5.99. The molecule has 2 nitrogen and oxygen atoms in total. The number of benzene rings is 2. The normalized spacial score (nSPS) is 12.2.